The lowest BCUT2D eigenvalue weighted by Gasteiger charge is -2.35. The fourth-order valence-corrected chi connectivity index (χ4v) is 13.5. The van der Waals surface area contributed by atoms with E-state index >= 15 is 0 Å². The maximum absolute atomic E-state index is 14.4. The third-order valence-corrected chi connectivity index (χ3v) is 17.3. The summed E-state index contributed by atoms with van der Waals surface area (Å²) < 4.78 is 12.4. The summed E-state index contributed by atoms with van der Waals surface area (Å²) in [5.74, 6) is 0.0715. The van der Waals surface area contributed by atoms with Gasteiger partial charge in [0.05, 0.1) is 48.1 Å². The average Bonchev–Trinajstić information content (AvgIpc) is 3.68. The van der Waals surface area contributed by atoms with Crippen LogP contribution >= 0.6 is 48.3 Å². The molecule has 0 unspecified atom stereocenters. The van der Waals surface area contributed by atoms with Crippen molar-refractivity contribution in [2.24, 2.45) is 10.8 Å². The van der Waals surface area contributed by atoms with Crippen molar-refractivity contribution in [3.8, 4) is 0 Å². The van der Waals surface area contributed by atoms with Gasteiger partial charge in [-0.1, -0.05) is 114 Å². The minimum Gasteiger partial charge on any atom is -0.379 e. The number of benzene rings is 2. The van der Waals surface area contributed by atoms with Gasteiger partial charge >= 0.3 is 0 Å². The Balaban J connectivity index is 0.00000593. The molecule has 0 saturated carbocycles. The third-order valence-electron chi connectivity index (χ3n) is 14.8. The second-order valence-electron chi connectivity index (χ2n) is 21.3. The number of carbonyl (C=O) groups excluding carboxylic acids is 6. The summed E-state index contributed by atoms with van der Waals surface area (Å²) in [6, 6.07) is 15.1. The molecule has 74 heavy (non-hydrogen) atoms. The van der Waals surface area contributed by atoms with Gasteiger partial charge in [-0.15, -0.1) is 48.3 Å². The highest BCUT2D eigenvalue weighted by atomic mass is 35.5. The monoisotopic (exact) mass is 1110 g/mol. The van der Waals surface area contributed by atoms with Crippen LogP contribution in [-0.2, 0) is 38.2 Å². The Kier molecular flexibility index (Phi) is 25.3. The second-order valence-corrected chi connectivity index (χ2v) is 23.8. The predicted octanol–water partition coefficient (Wildman–Crippen LogP) is 6.28. The van der Waals surface area contributed by atoms with Gasteiger partial charge in [-0.3, -0.25) is 28.8 Å². The number of nitrogens with zero attached hydrogens (tertiary/aromatic N) is 2. The van der Waals surface area contributed by atoms with Crippen molar-refractivity contribution in [3.63, 3.8) is 0 Å². The zero-order valence-corrected chi connectivity index (χ0v) is 47.9. The molecule has 4 saturated heterocycles. The molecule has 6 N–H and O–H groups in total. The second kappa shape index (κ2) is 29.8. The van der Waals surface area contributed by atoms with Gasteiger partial charge in [-0.05, 0) is 99.9 Å². The molecule has 6 amide bonds. The average molecular weight is 1110 g/mol. The highest BCUT2D eigenvalue weighted by molar-refractivity contribution is 8.00. The number of halogens is 2. The Morgan fingerprint density at radius 1 is 0.595 bits per heavy atom. The maximum Gasteiger partial charge on any atom is 0.246 e. The number of hydrogen-bond donors (Lipinski definition) is 6. The first-order valence-corrected chi connectivity index (χ1v) is 28.3. The fourth-order valence-electron chi connectivity index (χ4n) is 10.4. The number of fused-ring (bicyclic) bond motifs is 2. The number of likely N-dealkylation sites (N-methyl/N-ethyl adjacent to an activating group) is 2. The molecule has 0 radical (unpaired) electrons. The number of carbonyl (C=O) groups is 6. The number of ether oxygens (including phenoxy) is 2. The van der Waals surface area contributed by atoms with E-state index in [1.165, 1.54) is 0 Å². The van der Waals surface area contributed by atoms with E-state index < -0.39 is 59.2 Å². The highest BCUT2D eigenvalue weighted by Crippen LogP contribution is 2.48. The van der Waals surface area contributed by atoms with E-state index in [9.17, 15) is 28.8 Å². The lowest BCUT2D eigenvalue weighted by molar-refractivity contribution is -0.144. The number of amides is 6. The topological polar surface area (TPSA) is 200 Å². The number of hydrogen-bond acceptors (Lipinski definition) is 12. The van der Waals surface area contributed by atoms with Gasteiger partial charge in [0.15, 0.2) is 0 Å². The van der Waals surface area contributed by atoms with Crippen molar-refractivity contribution in [2.45, 2.75) is 165 Å². The Hall–Kier alpha value is -3.62. The van der Waals surface area contributed by atoms with E-state index in [-0.39, 0.29) is 71.0 Å². The SMILES string of the molecule is CN[C@@H](C)C(=O)N[C@H]1CCS[C@H]2CC(C)(C)[C@@H](C(=O)N[C@H](COCCCCCCCCOC[C@@H](NC(=O)[C@H]3N4C(=O)[C@@H](NC(=O)[C@H](C)NC)CCS[C@H]4CC3(C)C)c3ccccc3)c3ccccc3)N2C1=O.Cl.Cl. The van der Waals surface area contributed by atoms with Gasteiger partial charge in [0, 0.05) is 13.2 Å². The zero-order valence-electron chi connectivity index (χ0n) is 44.7. The van der Waals surface area contributed by atoms with Crippen molar-refractivity contribution in [1.82, 2.24) is 41.7 Å². The summed E-state index contributed by atoms with van der Waals surface area (Å²) in [4.78, 5) is 86.0. The molecule has 10 atom stereocenters. The minimum absolute atomic E-state index is 0. The van der Waals surface area contributed by atoms with Crippen LogP contribution in [0.1, 0.15) is 129 Å². The quantitative estimate of drug-likeness (QED) is 0.0610. The normalized spacial score (nSPS) is 24.5. The van der Waals surface area contributed by atoms with E-state index in [0.29, 0.717) is 63.6 Å². The molecule has 6 rings (SSSR count). The van der Waals surface area contributed by atoms with Crippen LogP contribution in [0.4, 0.5) is 0 Å². The Morgan fingerprint density at radius 3 is 1.30 bits per heavy atom. The molecular weight excluding hydrogens is 1020 g/mol. The summed E-state index contributed by atoms with van der Waals surface area (Å²) in [6.45, 7) is 13.4. The van der Waals surface area contributed by atoms with Gasteiger partial charge < -0.3 is 51.2 Å². The van der Waals surface area contributed by atoms with Gasteiger partial charge in [0.1, 0.15) is 24.2 Å². The summed E-state index contributed by atoms with van der Waals surface area (Å²) in [5.41, 5.74) is 0.892. The smallest absolute Gasteiger partial charge is 0.246 e. The van der Waals surface area contributed by atoms with Crippen LogP contribution in [0.2, 0.25) is 0 Å². The zero-order chi connectivity index (χ0) is 52.0. The van der Waals surface area contributed by atoms with Crippen molar-refractivity contribution in [1.29, 1.82) is 0 Å². The first-order valence-electron chi connectivity index (χ1n) is 26.2. The molecule has 414 valence electrons. The molecule has 2 aromatic carbocycles. The van der Waals surface area contributed by atoms with E-state index in [1.807, 2.05) is 88.4 Å². The van der Waals surface area contributed by atoms with Crippen LogP contribution in [0.3, 0.4) is 0 Å². The van der Waals surface area contributed by atoms with E-state index in [1.54, 1.807) is 61.3 Å². The van der Waals surface area contributed by atoms with E-state index in [2.05, 4.69) is 31.9 Å². The van der Waals surface area contributed by atoms with Crippen molar-refractivity contribution in [3.05, 3.63) is 71.8 Å². The Morgan fingerprint density at radius 2 is 0.946 bits per heavy atom. The molecule has 0 aliphatic carbocycles. The van der Waals surface area contributed by atoms with Crippen molar-refractivity contribution < 1.29 is 38.2 Å². The van der Waals surface area contributed by atoms with Gasteiger partial charge in [-0.25, -0.2) is 0 Å². The Bertz CT molecular complexity index is 1990. The lowest BCUT2D eigenvalue weighted by atomic mass is 9.83. The van der Waals surface area contributed by atoms with Crippen molar-refractivity contribution in [2.75, 3.05) is 52.0 Å². The molecule has 2 aromatic rings. The van der Waals surface area contributed by atoms with Gasteiger partial charge in [0.25, 0.3) is 0 Å². The first-order chi connectivity index (χ1) is 34.5. The van der Waals surface area contributed by atoms with Crippen LogP contribution in [0.5, 0.6) is 0 Å². The summed E-state index contributed by atoms with van der Waals surface area (Å²) in [5, 5.41) is 18.0. The molecule has 4 aliphatic heterocycles. The number of thioether (sulfide) groups is 2. The lowest BCUT2D eigenvalue weighted by Crippen LogP contribution is -2.58. The van der Waals surface area contributed by atoms with E-state index in [0.717, 1.165) is 49.7 Å². The van der Waals surface area contributed by atoms with Crippen LogP contribution in [0, 0.1) is 10.8 Å². The predicted molar refractivity (Wildman–Crippen MR) is 299 cm³/mol. The Labute approximate surface area is 460 Å². The first kappa shape index (κ1) is 62.9. The molecule has 0 spiro atoms. The number of rotatable bonds is 25. The maximum atomic E-state index is 14.4. The minimum atomic E-state index is -0.705. The highest BCUT2D eigenvalue weighted by Gasteiger charge is 2.56. The number of unbranched alkanes of at least 4 members (excludes halogenated alkanes) is 5. The van der Waals surface area contributed by atoms with Crippen LogP contribution in [-0.4, -0.2) is 144 Å². The molecule has 4 heterocycles. The molecule has 4 fully saturated rings. The fraction of sp³-hybridized carbons (Fsp3) is 0.667. The summed E-state index contributed by atoms with van der Waals surface area (Å²) in [6.07, 6.45) is 8.23. The molecule has 16 nitrogen and oxygen atoms in total. The summed E-state index contributed by atoms with van der Waals surface area (Å²) in [7, 11) is 3.41. The van der Waals surface area contributed by atoms with Crippen LogP contribution in [0.25, 0.3) is 0 Å². The summed E-state index contributed by atoms with van der Waals surface area (Å²) >= 11 is 3.36. The number of nitrogens with one attached hydrogen (secondary N) is 6. The molecule has 4 aliphatic rings. The van der Waals surface area contributed by atoms with Gasteiger partial charge in [0.2, 0.25) is 35.4 Å². The van der Waals surface area contributed by atoms with Crippen molar-refractivity contribution >= 4 is 83.8 Å². The largest absolute Gasteiger partial charge is 0.379 e. The van der Waals surface area contributed by atoms with Crippen LogP contribution < -0.4 is 31.9 Å². The van der Waals surface area contributed by atoms with E-state index in [4.69, 9.17) is 9.47 Å². The standard InChI is InChI=1S/C54H82N8O8S2.2ClH/c1-35(55-7)47(63)57-39-25-29-71-43-31-53(3,4)45(61(43)51(39)67)49(65)59-41(37-21-15-13-16-22-37)33-69-27-19-11-9-10-12-20-28-70-34-42(38-23-17-14-18-24-38)60-50(66)46-54(5,6)32-44-62(46)52(68)40(26-30-72-44)58-48(64)36(2)56-8;;/h13-18,21-24,35-36,39-46,55-56H,9-12,19-20,25-34H2,1-8H3,(H,57,63)(H,58,64)(H,59,65)(H,60,66);2*1H/t35-,36-,39-,40-,41+,42+,43-,44-,45+,46+;;/m0../s1. The van der Waals surface area contributed by atoms with Crippen LogP contribution in [0.15, 0.2) is 60.7 Å². The molecule has 0 bridgehead atoms. The van der Waals surface area contributed by atoms with Gasteiger partial charge in [-0.2, -0.15) is 0 Å². The third kappa shape index (κ3) is 16.4. The molecule has 20 heteroatoms. The molecule has 0 aromatic heterocycles. The molecular formula is C54H84Cl2N8O8S2.